The standard InChI is InChI=1S/C13H24ClN3/c1-4-5-6-7-8-9-10-17-12(11(2)3)15-16-13(17)14/h11H,4-10H2,1-3H3. The molecule has 1 aromatic rings. The average Bonchev–Trinajstić information content (AvgIpc) is 2.65. The van der Waals surface area contributed by atoms with E-state index in [2.05, 4.69) is 31.0 Å². The van der Waals surface area contributed by atoms with Crippen LogP contribution in [0.25, 0.3) is 0 Å². The molecule has 0 saturated carbocycles. The second-order valence-corrected chi connectivity index (χ2v) is 5.24. The van der Waals surface area contributed by atoms with Gasteiger partial charge in [-0.05, 0) is 18.0 Å². The van der Waals surface area contributed by atoms with Crippen LogP contribution in [0.3, 0.4) is 0 Å². The molecule has 1 aromatic heterocycles. The first-order valence-corrected chi connectivity index (χ1v) is 7.13. The van der Waals surface area contributed by atoms with Gasteiger partial charge in [-0.15, -0.1) is 10.2 Å². The summed E-state index contributed by atoms with van der Waals surface area (Å²) in [6.45, 7) is 7.44. The molecule has 0 spiro atoms. The van der Waals surface area contributed by atoms with Crippen LogP contribution in [0.4, 0.5) is 0 Å². The third kappa shape index (κ3) is 4.66. The van der Waals surface area contributed by atoms with Crippen LogP contribution in [0.5, 0.6) is 0 Å². The van der Waals surface area contributed by atoms with E-state index in [4.69, 9.17) is 11.6 Å². The maximum Gasteiger partial charge on any atom is 0.225 e. The Hall–Kier alpha value is -0.570. The highest BCUT2D eigenvalue weighted by atomic mass is 35.5. The molecule has 1 rings (SSSR count). The van der Waals surface area contributed by atoms with Gasteiger partial charge >= 0.3 is 0 Å². The molecule has 0 fully saturated rings. The Morgan fingerprint density at radius 2 is 1.71 bits per heavy atom. The van der Waals surface area contributed by atoms with Crippen molar-refractivity contribution in [2.24, 2.45) is 0 Å². The molecule has 0 atom stereocenters. The van der Waals surface area contributed by atoms with E-state index < -0.39 is 0 Å². The van der Waals surface area contributed by atoms with Gasteiger partial charge in [-0.25, -0.2) is 0 Å². The summed E-state index contributed by atoms with van der Waals surface area (Å²) in [6.07, 6.45) is 7.76. The van der Waals surface area contributed by atoms with E-state index in [9.17, 15) is 0 Å². The second kappa shape index (κ2) is 7.70. The molecule has 0 aliphatic heterocycles. The van der Waals surface area contributed by atoms with Gasteiger partial charge in [-0.2, -0.15) is 0 Å². The fourth-order valence-electron chi connectivity index (χ4n) is 1.98. The van der Waals surface area contributed by atoms with Crippen molar-refractivity contribution in [2.45, 2.75) is 71.8 Å². The minimum atomic E-state index is 0.384. The molecule has 0 aliphatic rings. The Kier molecular flexibility index (Phi) is 6.56. The lowest BCUT2D eigenvalue weighted by Gasteiger charge is -2.09. The van der Waals surface area contributed by atoms with Crippen LogP contribution in [0.15, 0.2) is 0 Å². The van der Waals surface area contributed by atoms with Crippen molar-refractivity contribution in [2.75, 3.05) is 0 Å². The van der Waals surface area contributed by atoms with E-state index in [0.29, 0.717) is 11.2 Å². The summed E-state index contributed by atoms with van der Waals surface area (Å²) in [5.41, 5.74) is 0. The van der Waals surface area contributed by atoms with Crippen molar-refractivity contribution in [3.8, 4) is 0 Å². The highest BCUT2D eigenvalue weighted by Crippen LogP contribution is 2.17. The Morgan fingerprint density at radius 3 is 2.35 bits per heavy atom. The molecular formula is C13H24ClN3. The third-order valence-electron chi connectivity index (χ3n) is 2.99. The van der Waals surface area contributed by atoms with Crippen molar-refractivity contribution in [3.63, 3.8) is 0 Å². The molecule has 4 heteroatoms. The van der Waals surface area contributed by atoms with Crippen LogP contribution in [0, 0.1) is 0 Å². The summed E-state index contributed by atoms with van der Waals surface area (Å²) in [7, 11) is 0. The Labute approximate surface area is 110 Å². The van der Waals surface area contributed by atoms with Crippen molar-refractivity contribution < 1.29 is 0 Å². The SMILES string of the molecule is CCCCCCCCn1c(Cl)nnc1C(C)C. The van der Waals surface area contributed by atoms with Crippen molar-refractivity contribution >= 4 is 11.6 Å². The summed E-state index contributed by atoms with van der Waals surface area (Å²) >= 11 is 6.04. The first-order chi connectivity index (χ1) is 8.16. The zero-order valence-corrected chi connectivity index (χ0v) is 12.0. The smallest absolute Gasteiger partial charge is 0.225 e. The number of rotatable bonds is 8. The van der Waals surface area contributed by atoms with Crippen molar-refractivity contribution in [3.05, 3.63) is 11.1 Å². The number of hydrogen-bond donors (Lipinski definition) is 0. The molecule has 0 N–H and O–H groups in total. The van der Waals surface area contributed by atoms with E-state index in [1.807, 2.05) is 4.57 Å². The van der Waals surface area contributed by atoms with Gasteiger partial charge in [0.2, 0.25) is 5.28 Å². The Bertz CT molecular complexity index is 320. The Balaban J connectivity index is 2.33. The monoisotopic (exact) mass is 257 g/mol. The van der Waals surface area contributed by atoms with Crippen molar-refractivity contribution in [1.82, 2.24) is 14.8 Å². The van der Waals surface area contributed by atoms with Crippen LogP contribution >= 0.6 is 11.6 Å². The number of hydrogen-bond acceptors (Lipinski definition) is 2. The van der Waals surface area contributed by atoms with E-state index in [-0.39, 0.29) is 0 Å². The molecular weight excluding hydrogens is 234 g/mol. The first kappa shape index (κ1) is 14.5. The molecule has 3 nitrogen and oxygen atoms in total. The van der Waals surface area contributed by atoms with Gasteiger partial charge in [0, 0.05) is 12.5 Å². The summed E-state index contributed by atoms with van der Waals surface area (Å²) in [4.78, 5) is 0. The molecule has 0 bridgehead atoms. The number of halogens is 1. The molecule has 0 amide bonds. The van der Waals surface area contributed by atoms with Gasteiger partial charge < -0.3 is 4.57 Å². The minimum absolute atomic E-state index is 0.384. The van der Waals surface area contributed by atoms with Gasteiger partial charge in [-0.1, -0.05) is 52.9 Å². The predicted molar refractivity (Wildman–Crippen MR) is 72.5 cm³/mol. The molecule has 17 heavy (non-hydrogen) atoms. The molecule has 98 valence electrons. The lowest BCUT2D eigenvalue weighted by atomic mass is 10.1. The van der Waals surface area contributed by atoms with E-state index >= 15 is 0 Å². The van der Waals surface area contributed by atoms with Crippen LogP contribution in [0.2, 0.25) is 5.28 Å². The van der Waals surface area contributed by atoms with Gasteiger partial charge in [0.05, 0.1) is 0 Å². The largest absolute Gasteiger partial charge is 0.302 e. The maximum atomic E-state index is 6.04. The second-order valence-electron chi connectivity index (χ2n) is 4.90. The van der Waals surface area contributed by atoms with E-state index in [1.165, 1.54) is 38.5 Å². The molecule has 0 radical (unpaired) electrons. The summed E-state index contributed by atoms with van der Waals surface area (Å²) < 4.78 is 2.05. The first-order valence-electron chi connectivity index (χ1n) is 6.75. The lowest BCUT2D eigenvalue weighted by Crippen LogP contribution is -2.06. The topological polar surface area (TPSA) is 30.7 Å². The molecule has 1 heterocycles. The number of unbranched alkanes of at least 4 members (excludes halogenated alkanes) is 5. The van der Waals surface area contributed by atoms with Crippen molar-refractivity contribution in [1.29, 1.82) is 0 Å². The lowest BCUT2D eigenvalue weighted by molar-refractivity contribution is 0.538. The number of aromatic nitrogens is 3. The minimum Gasteiger partial charge on any atom is -0.302 e. The highest BCUT2D eigenvalue weighted by Gasteiger charge is 2.12. The number of nitrogens with zero attached hydrogens (tertiary/aromatic N) is 3. The average molecular weight is 258 g/mol. The molecule has 0 aliphatic carbocycles. The van der Waals surface area contributed by atoms with Gasteiger partial charge in [0.1, 0.15) is 5.82 Å². The van der Waals surface area contributed by atoms with Crippen LogP contribution < -0.4 is 0 Å². The van der Waals surface area contributed by atoms with Crippen LogP contribution in [-0.2, 0) is 6.54 Å². The van der Waals surface area contributed by atoms with Crippen LogP contribution in [-0.4, -0.2) is 14.8 Å². The summed E-state index contributed by atoms with van der Waals surface area (Å²) in [6, 6.07) is 0. The van der Waals surface area contributed by atoms with E-state index in [1.54, 1.807) is 0 Å². The van der Waals surface area contributed by atoms with Gasteiger partial charge in [-0.3, -0.25) is 0 Å². The van der Waals surface area contributed by atoms with Crippen LogP contribution in [0.1, 0.15) is 71.0 Å². The quantitative estimate of drug-likeness (QED) is 0.646. The zero-order chi connectivity index (χ0) is 12.7. The summed E-state index contributed by atoms with van der Waals surface area (Å²) in [5.74, 6) is 1.39. The zero-order valence-electron chi connectivity index (χ0n) is 11.2. The summed E-state index contributed by atoms with van der Waals surface area (Å²) in [5, 5.41) is 8.60. The molecule has 0 aromatic carbocycles. The maximum absolute atomic E-state index is 6.04. The normalized spacial score (nSPS) is 11.4. The predicted octanol–water partition coefficient (Wildman–Crippen LogP) is 4.42. The Morgan fingerprint density at radius 1 is 1.06 bits per heavy atom. The fraction of sp³-hybridized carbons (Fsp3) is 0.846. The molecule has 0 unspecified atom stereocenters. The molecule has 0 saturated heterocycles. The highest BCUT2D eigenvalue weighted by molar-refractivity contribution is 6.28. The van der Waals surface area contributed by atoms with E-state index in [0.717, 1.165) is 12.4 Å². The van der Waals surface area contributed by atoms with Gasteiger partial charge in [0.15, 0.2) is 0 Å². The third-order valence-corrected chi connectivity index (χ3v) is 3.27. The van der Waals surface area contributed by atoms with Gasteiger partial charge in [0.25, 0.3) is 0 Å². The fourth-order valence-corrected chi connectivity index (χ4v) is 2.19.